The minimum Gasteiger partial charge on any atom is -0.497 e. The lowest BCUT2D eigenvalue weighted by Crippen LogP contribution is -2.30. The molecule has 1 aliphatic rings. The normalized spacial score (nSPS) is 14.2. The molecule has 0 saturated carbocycles. The number of aryl methyl sites for hydroxylation is 2. The van der Waals surface area contributed by atoms with E-state index >= 15 is 0 Å². The Balaban J connectivity index is 0.00000205. The van der Waals surface area contributed by atoms with Gasteiger partial charge in [-0.15, -0.1) is 0 Å². The Bertz CT molecular complexity index is 1150. The molecule has 0 aromatic heterocycles. The summed E-state index contributed by atoms with van der Waals surface area (Å²) in [6.45, 7) is 11.4. The number of hydrogen-bond acceptors (Lipinski definition) is 5. The fourth-order valence-electron chi connectivity index (χ4n) is 4.73. The van der Waals surface area contributed by atoms with E-state index in [-0.39, 0.29) is 5.91 Å². The Morgan fingerprint density at radius 1 is 0.949 bits per heavy atom. The summed E-state index contributed by atoms with van der Waals surface area (Å²) in [6, 6.07) is 22.6. The highest BCUT2D eigenvalue weighted by Crippen LogP contribution is 2.32. The predicted molar refractivity (Wildman–Crippen MR) is 161 cm³/mol. The van der Waals surface area contributed by atoms with Crippen LogP contribution in [-0.4, -0.2) is 50.1 Å². The zero-order valence-electron chi connectivity index (χ0n) is 24.3. The quantitative estimate of drug-likeness (QED) is 0.265. The lowest BCUT2D eigenvalue weighted by atomic mass is 10.0. The molecule has 0 bridgehead atoms. The van der Waals surface area contributed by atoms with Crippen molar-refractivity contribution in [3.05, 3.63) is 83.4 Å². The van der Waals surface area contributed by atoms with Gasteiger partial charge in [-0.25, -0.2) is 0 Å². The van der Waals surface area contributed by atoms with Gasteiger partial charge in [0.1, 0.15) is 11.5 Å². The van der Waals surface area contributed by atoms with Crippen molar-refractivity contribution in [1.29, 1.82) is 0 Å². The van der Waals surface area contributed by atoms with Gasteiger partial charge in [0.2, 0.25) is 0 Å². The molecule has 0 radical (unpaired) electrons. The fourth-order valence-corrected chi connectivity index (χ4v) is 4.73. The number of ether oxygens (including phenoxy) is 2. The molecule has 1 atom stereocenters. The monoisotopic (exact) mass is 531 g/mol. The van der Waals surface area contributed by atoms with Crippen molar-refractivity contribution in [2.45, 2.75) is 59.4 Å². The van der Waals surface area contributed by atoms with Crippen LogP contribution in [0.2, 0.25) is 0 Å². The van der Waals surface area contributed by atoms with E-state index in [1.807, 2.05) is 75.1 Å². The van der Waals surface area contributed by atoms with Crippen molar-refractivity contribution >= 4 is 11.6 Å². The maximum absolute atomic E-state index is 12.8. The number of carbonyl (C=O) groups excluding carboxylic acids is 1. The number of anilines is 1. The number of rotatable bonds is 12. The molecule has 1 heterocycles. The molecule has 0 aliphatic carbocycles. The van der Waals surface area contributed by atoms with E-state index in [1.165, 1.54) is 18.4 Å². The Labute approximate surface area is 234 Å². The molecule has 4 rings (SSSR count). The van der Waals surface area contributed by atoms with Gasteiger partial charge >= 0.3 is 0 Å². The van der Waals surface area contributed by atoms with Gasteiger partial charge in [0.25, 0.3) is 5.91 Å². The van der Waals surface area contributed by atoms with Gasteiger partial charge in [0.05, 0.1) is 12.8 Å². The van der Waals surface area contributed by atoms with Gasteiger partial charge < -0.3 is 25.0 Å². The van der Waals surface area contributed by atoms with Gasteiger partial charge in [-0.3, -0.25) is 4.79 Å². The molecule has 1 unspecified atom stereocenters. The van der Waals surface area contributed by atoms with E-state index in [2.05, 4.69) is 34.9 Å². The van der Waals surface area contributed by atoms with Crippen LogP contribution in [0.1, 0.15) is 62.0 Å². The fraction of sp³-hybridized carbons (Fsp3) is 0.424. The van der Waals surface area contributed by atoms with Crippen LogP contribution in [0.25, 0.3) is 0 Å². The highest BCUT2D eigenvalue weighted by atomic mass is 16.5. The second-order valence-electron chi connectivity index (χ2n) is 9.46. The summed E-state index contributed by atoms with van der Waals surface area (Å²) in [7, 11) is 1.66. The first-order valence-electron chi connectivity index (χ1n) is 14.4. The molecule has 3 aromatic rings. The third-order valence-corrected chi connectivity index (χ3v) is 6.96. The van der Waals surface area contributed by atoms with Crippen molar-refractivity contribution in [2.24, 2.45) is 0 Å². The minimum absolute atomic E-state index is 0.0919. The molecule has 6 nitrogen and oxygen atoms in total. The first-order chi connectivity index (χ1) is 19.1. The smallest absolute Gasteiger partial charge is 0.253 e. The highest BCUT2D eigenvalue weighted by Gasteiger charge is 2.16. The summed E-state index contributed by atoms with van der Waals surface area (Å²) in [5.41, 5.74) is 4.09. The van der Waals surface area contributed by atoms with Crippen LogP contribution in [0.4, 0.5) is 5.69 Å². The summed E-state index contributed by atoms with van der Waals surface area (Å²) >= 11 is 0. The maximum atomic E-state index is 12.8. The number of nitrogens with one attached hydrogen (secondary N) is 2. The summed E-state index contributed by atoms with van der Waals surface area (Å²) in [4.78, 5) is 14.6. The van der Waals surface area contributed by atoms with Crippen LogP contribution in [0.15, 0.2) is 66.7 Å². The van der Waals surface area contributed by atoms with E-state index in [9.17, 15) is 4.79 Å². The van der Waals surface area contributed by atoms with Crippen LogP contribution in [0.3, 0.4) is 0 Å². The lowest BCUT2D eigenvalue weighted by molar-refractivity contribution is 0.0773. The van der Waals surface area contributed by atoms with Gasteiger partial charge in [-0.1, -0.05) is 32.0 Å². The molecule has 39 heavy (non-hydrogen) atoms. The Kier molecular flexibility index (Phi) is 12.2. The van der Waals surface area contributed by atoms with Crippen LogP contribution >= 0.6 is 0 Å². The zero-order valence-corrected chi connectivity index (χ0v) is 24.3. The molecule has 1 aliphatic heterocycles. The average Bonchev–Trinajstić information content (AvgIpc) is 3.51. The van der Waals surface area contributed by atoms with Gasteiger partial charge in [0, 0.05) is 31.2 Å². The highest BCUT2D eigenvalue weighted by molar-refractivity contribution is 5.94. The van der Waals surface area contributed by atoms with E-state index in [0.29, 0.717) is 19.1 Å². The SMILES string of the molecule is CC.CCN(CC)C(=O)c1cccc(CCc2ccc(NCC3CCCN3)c(Oc3ccc(OC)cc3)c2)c1. The molecular weight excluding hydrogens is 486 g/mol. The molecule has 1 amide bonds. The Morgan fingerprint density at radius 3 is 2.28 bits per heavy atom. The lowest BCUT2D eigenvalue weighted by Gasteiger charge is -2.19. The van der Waals surface area contributed by atoms with Crippen LogP contribution in [-0.2, 0) is 12.8 Å². The van der Waals surface area contributed by atoms with E-state index in [4.69, 9.17) is 9.47 Å². The van der Waals surface area contributed by atoms with Crippen molar-refractivity contribution in [1.82, 2.24) is 10.2 Å². The average molecular weight is 532 g/mol. The van der Waals surface area contributed by atoms with E-state index in [1.54, 1.807) is 7.11 Å². The minimum atomic E-state index is 0.0919. The predicted octanol–water partition coefficient (Wildman–Crippen LogP) is 6.94. The summed E-state index contributed by atoms with van der Waals surface area (Å²) in [6.07, 6.45) is 4.12. The molecular formula is C33H45N3O3. The number of amides is 1. The van der Waals surface area contributed by atoms with E-state index < -0.39 is 0 Å². The second kappa shape index (κ2) is 15.8. The van der Waals surface area contributed by atoms with Crippen molar-refractivity contribution in [2.75, 3.05) is 38.6 Å². The van der Waals surface area contributed by atoms with Crippen molar-refractivity contribution < 1.29 is 14.3 Å². The maximum Gasteiger partial charge on any atom is 0.253 e. The molecule has 1 saturated heterocycles. The Morgan fingerprint density at radius 2 is 1.64 bits per heavy atom. The van der Waals surface area contributed by atoms with Crippen LogP contribution in [0.5, 0.6) is 17.2 Å². The first kappa shape index (κ1) is 30.0. The number of benzene rings is 3. The Hall–Kier alpha value is -3.51. The van der Waals surface area contributed by atoms with E-state index in [0.717, 1.165) is 60.0 Å². The van der Waals surface area contributed by atoms with Crippen molar-refractivity contribution in [3.63, 3.8) is 0 Å². The molecule has 210 valence electrons. The summed E-state index contributed by atoms with van der Waals surface area (Å²) < 4.78 is 11.6. The summed E-state index contributed by atoms with van der Waals surface area (Å²) in [5, 5.41) is 7.13. The number of carbonyl (C=O) groups is 1. The third-order valence-electron chi connectivity index (χ3n) is 6.96. The zero-order chi connectivity index (χ0) is 28.0. The molecule has 3 aromatic carbocycles. The van der Waals surface area contributed by atoms with Crippen LogP contribution in [0, 0.1) is 0 Å². The number of nitrogens with zero attached hydrogens (tertiary/aromatic N) is 1. The van der Waals surface area contributed by atoms with Gasteiger partial charge in [-0.2, -0.15) is 0 Å². The molecule has 2 N–H and O–H groups in total. The van der Waals surface area contributed by atoms with Crippen LogP contribution < -0.4 is 20.1 Å². The van der Waals surface area contributed by atoms with Gasteiger partial charge in [0.15, 0.2) is 5.75 Å². The molecule has 6 heteroatoms. The molecule has 0 spiro atoms. The third kappa shape index (κ3) is 8.75. The number of methoxy groups -OCH3 is 1. The number of hydrogen-bond donors (Lipinski definition) is 2. The summed E-state index contributed by atoms with van der Waals surface area (Å²) in [5.74, 6) is 2.47. The van der Waals surface area contributed by atoms with Gasteiger partial charge in [-0.05, 0) is 106 Å². The standard InChI is InChI=1S/C31H39N3O3.C2H6/c1-4-34(5-2)31(35)25-9-6-8-23(20-25)11-12-24-13-18-29(33-22-26-10-7-19-32-26)30(21-24)37-28-16-14-27(36-3)15-17-28;1-2/h6,8-9,13-18,20-21,26,32-33H,4-5,7,10-12,19,22H2,1-3H3;1-2H3. The molecule has 1 fully saturated rings. The first-order valence-corrected chi connectivity index (χ1v) is 14.4. The topological polar surface area (TPSA) is 62.8 Å². The largest absolute Gasteiger partial charge is 0.497 e. The van der Waals surface area contributed by atoms with Crippen molar-refractivity contribution in [3.8, 4) is 17.2 Å². The second-order valence-corrected chi connectivity index (χ2v) is 9.46.